The predicted octanol–water partition coefficient (Wildman–Crippen LogP) is 0.0245. The Morgan fingerprint density at radius 1 is 1.86 bits per heavy atom. The topological polar surface area (TPSA) is 49.7 Å². The summed E-state index contributed by atoms with van der Waals surface area (Å²) >= 11 is 0. The Bertz CT molecular complexity index is 67.3. The molecule has 0 unspecified atom stereocenters. The highest BCUT2D eigenvalue weighted by atomic mass is 16.5. The van der Waals surface area contributed by atoms with Crippen molar-refractivity contribution in [3.05, 3.63) is 12.0 Å². The molecule has 3 heteroatoms. The second kappa shape index (κ2) is 3.49. The molecule has 42 valence electrons. The van der Waals surface area contributed by atoms with E-state index in [1.807, 2.05) is 0 Å². The molecular weight excluding hydrogens is 96.0 g/mol. The van der Waals surface area contributed by atoms with Crippen LogP contribution >= 0.6 is 0 Å². The van der Waals surface area contributed by atoms with Crippen molar-refractivity contribution in [2.24, 2.45) is 0 Å². The van der Waals surface area contributed by atoms with Crippen molar-refractivity contribution in [3.63, 3.8) is 0 Å². The van der Waals surface area contributed by atoms with Gasteiger partial charge in [-0.1, -0.05) is 0 Å². The van der Waals surface area contributed by atoms with E-state index in [0.717, 1.165) is 6.26 Å². The van der Waals surface area contributed by atoms with E-state index in [0.29, 0.717) is 0 Å². The first-order chi connectivity index (χ1) is 3.31. The molecule has 7 heavy (non-hydrogen) atoms. The minimum absolute atomic E-state index is 0.164. The average molecular weight is 104 g/mol. The summed E-state index contributed by atoms with van der Waals surface area (Å²) in [6.07, 6.45) is 1.07. The van der Waals surface area contributed by atoms with Gasteiger partial charge in [0.25, 0.3) is 0 Å². The monoisotopic (exact) mass is 104 g/mol. The first kappa shape index (κ1) is 6.30. The Kier molecular flexibility index (Phi) is 3.14. The van der Waals surface area contributed by atoms with Crippen molar-refractivity contribution in [2.45, 2.75) is 0 Å². The van der Waals surface area contributed by atoms with Crippen molar-refractivity contribution >= 4 is 0 Å². The number of rotatable bonds is 2. The third-order valence-corrected chi connectivity index (χ3v) is 0.416. The van der Waals surface area contributed by atoms with Crippen LogP contribution in [0.5, 0.6) is 0 Å². The minimum Gasteiger partial charge on any atom is -0.507 e. The highest BCUT2D eigenvalue weighted by Crippen LogP contribution is 1.82. The fraction of sp³-hybridized carbons (Fsp3) is 0.500. The number of aliphatic hydroxyl groups is 2. The van der Waals surface area contributed by atoms with Crippen LogP contribution in [0.1, 0.15) is 0 Å². The van der Waals surface area contributed by atoms with Crippen molar-refractivity contribution in [1.82, 2.24) is 0 Å². The Hall–Kier alpha value is -0.700. The Morgan fingerprint density at radius 3 is 2.57 bits per heavy atom. The molecule has 0 bridgehead atoms. The quantitative estimate of drug-likeness (QED) is 0.486. The second-order valence-electron chi connectivity index (χ2n) is 1.00. The van der Waals surface area contributed by atoms with Crippen LogP contribution in [0.4, 0.5) is 0 Å². The van der Waals surface area contributed by atoms with E-state index in [4.69, 9.17) is 10.2 Å². The van der Waals surface area contributed by atoms with Crippen LogP contribution in [0.3, 0.4) is 0 Å². The summed E-state index contributed by atoms with van der Waals surface area (Å²) < 4.78 is 4.32. The molecule has 0 aliphatic carbocycles. The van der Waals surface area contributed by atoms with Gasteiger partial charge in [0.2, 0.25) is 0 Å². The summed E-state index contributed by atoms with van der Waals surface area (Å²) in [4.78, 5) is 0. The van der Waals surface area contributed by atoms with Crippen molar-refractivity contribution in [1.29, 1.82) is 0 Å². The molecule has 0 atom stereocenters. The van der Waals surface area contributed by atoms with Crippen LogP contribution in [-0.2, 0) is 4.74 Å². The van der Waals surface area contributed by atoms with Gasteiger partial charge < -0.3 is 14.9 Å². The van der Waals surface area contributed by atoms with Crippen LogP contribution in [0.15, 0.2) is 12.0 Å². The standard InChI is InChI=1S/C4H8O3/c1-7-3-4(6)2-5/h3,5-6H,2H2,1H3. The lowest BCUT2D eigenvalue weighted by Gasteiger charge is -1.89. The summed E-state index contributed by atoms with van der Waals surface area (Å²) in [5.74, 6) is -0.164. The van der Waals surface area contributed by atoms with Gasteiger partial charge in [0, 0.05) is 0 Å². The van der Waals surface area contributed by atoms with Crippen LogP contribution < -0.4 is 0 Å². The fourth-order valence-corrected chi connectivity index (χ4v) is 0.173. The molecule has 2 N–H and O–H groups in total. The number of ether oxygens (including phenoxy) is 1. The summed E-state index contributed by atoms with van der Waals surface area (Å²) in [7, 11) is 1.39. The molecule has 0 heterocycles. The lowest BCUT2D eigenvalue weighted by atomic mass is 10.6. The fourth-order valence-electron chi connectivity index (χ4n) is 0.173. The number of methoxy groups -OCH3 is 1. The van der Waals surface area contributed by atoms with Gasteiger partial charge in [-0.3, -0.25) is 0 Å². The zero-order valence-corrected chi connectivity index (χ0v) is 4.09. The van der Waals surface area contributed by atoms with E-state index < -0.39 is 0 Å². The van der Waals surface area contributed by atoms with Gasteiger partial charge >= 0.3 is 0 Å². The number of aliphatic hydroxyl groups excluding tert-OH is 2. The molecule has 0 aliphatic rings. The number of hydrogen-bond acceptors (Lipinski definition) is 3. The summed E-state index contributed by atoms with van der Waals surface area (Å²) in [5, 5.41) is 16.4. The third kappa shape index (κ3) is 3.12. The molecule has 3 nitrogen and oxygen atoms in total. The van der Waals surface area contributed by atoms with Crippen molar-refractivity contribution in [3.8, 4) is 0 Å². The van der Waals surface area contributed by atoms with Crippen LogP contribution in [0, 0.1) is 0 Å². The minimum atomic E-state index is -0.367. The SMILES string of the molecule is COC=C(O)CO. The van der Waals surface area contributed by atoms with Crippen LogP contribution in [-0.4, -0.2) is 23.9 Å². The van der Waals surface area contributed by atoms with E-state index in [-0.39, 0.29) is 12.4 Å². The highest BCUT2D eigenvalue weighted by molar-refractivity contribution is 4.82. The zero-order chi connectivity index (χ0) is 5.70. The second-order valence-corrected chi connectivity index (χ2v) is 1.00. The smallest absolute Gasteiger partial charge is 0.152 e. The molecule has 0 aromatic heterocycles. The van der Waals surface area contributed by atoms with Gasteiger partial charge in [0.1, 0.15) is 12.9 Å². The molecule has 0 amide bonds. The molecule has 0 aliphatic heterocycles. The van der Waals surface area contributed by atoms with Gasteiger partial charge in [0.15, 0.2) is 5.76 Å². The summed E-state index contributed by atoms with van der Waals surface area (Å²) in [5.41, 5.74) is 0. The summed E-state index contributed by atoms with van der Waals surface area (Å²) in [6.45, 7) is -0.367. The van der Waals surface area contributed by atoms with Gasteiger partial charge in [-0.2, -0.15) is 0 Å². The van der Waals surface area contributed by atoms with E-state index >= 15 is 0 Å². The molecule has 0 aromatic rings. The highest BCUT2D eigenvalue weighted by Gasteiger charge is 1.82. The molecular formula is C4H8O3. The van der Waals surface area contributed by atoms with Gasteiger partial charge in [-0.25, -0.2) is 0 Å². The molecule has 0 aromatic carbocycles. The predicted molar refractivity (Wildman–Crippen MR) is 24.8 cm³/mol. The van der Waals surface area contributed by atoms with Crippen LogP contribution in [0.2, 0.25) is 0 Å². The Balaban J connectivity index is 3.29. The van der Waals surface area contributed by atoms with E-state index in [1.165, 1.54) is 7.11 Å². The van der Waals surface area contributed by atoms with Gasteiger partial charge in [-0.15, -0.1) is 0 Å². The van der Waals surface area contributed by atoms with Gasteiger partial charge in [-0.05, 0) is 0 Å². The van der Waals surface area contributed by atoms with Gasteiger partial charge in [0.05, 0.1) is 7.11 Å². The lowest BCUT2D eigenvalue weighted by molar-refractivity contribution is 0.226. The Labute approximate surface area is 41.8 Å². The molecule has 0 radical (unpaired) electrons. The number of hydrogen-bond donors (Lipinski definition) is 2. The third-order valence-electron chi connectivity index (χ3n) is 0.416. The van der Waals surface area contributed by atoms with E-state index in [2.05, 4.69) is 4.74 Å². The Morgan fingerprint density at radius 2 is 2.43 bits per heavy atom. The van der Waals surface area contributed by atoms with Crippen molar-refractivity contribution in [2.75, 3.05) is 13.7 Å². The zero-order valence-electron chi connectivity index (χ0n) is 4.09. The van der Waals surface area contributed by atoms with Crippen LogP contribution in [0.25, 0.3) is 0 Å². The first-order valence-corrected chi connectivity index (χ1v) is 1.83. The average Bonchev–Trinajstić information content (AvgIpc) is 1.68. The molecule has 0 saturated carbocycles. The first-order valence-electron chi connectivity index (χ1n) is 1.83. The molecule has 0 rings (SSSR count). The summed E-state index contributed by atoms with van der Waals surface area (Å²) in [6, 6.07) is 0. The lowest BCUT2D eigenvalue weighted by Crippen LogP contribution is -1.87. The maximum absolute atomic E-state index is 8.34. The van der Waals surface area contributed by atoms with E-state index in [9.17, 15) is 0 Å². The maximum Gasteiger partial charge on any atom is 0.152 e. The van der Waals surface area contributed by atoms with Crippen molar-refractivity contribution < 1.29 is 14.9 Å². The normalized spacial score (nSPS) is 11.4. The molecule has 0 saturated heterocycles. The maximum atomic E-state index is 8.34. The molecule has 0 fully saturated rings. The van der Waals surface area contributed by atoms with E-state index in [1.54, 1.807) is 0 Å². The largest absolute Gasteiger partial charge is 0.507 e. The molecule has 0 spiro atoms.